The lowest BCUT2D eigenvalue weighted by Crippen LogP contribution is -2.45. The summed E-state index contributed by atoms with van der Waals surface area (Å²) >= 11 is 6.00. The minimum atomic E-state index is -0.334. The van der Waals surface area contributed by atoms with Crippen molar-refractivity contribution in [1.82, 2.24) is 15.4 Å². The summed E-state index contributed by atoms with van der Waals surface area (Å²) in [5.41, 5.74) is 7.65. The van der Waals surface area contributed by atoms with Crippen LogP contribution in [0.5, 0.6) is 0 Å². The van der Waals surface area contributed by atoms with Gasteiger partial charge in [0.25, 0.3) is 11.8 Å². The Morgan fingerprint density at radius 3 is 2.50 bits per heavy atom. The van der Waals surface area contributed by atoms with E-state index in [2.05, 4.69) is 16.2 Å². The van der Waals surface area contributed by atoms with E-state index < -0.39 is 0 Å². The molecule has 0 radical (unpaired) electrons. The number of aromatic nitrogens is 1. The molecular formula is C19H19ClN4O2. The van der Waals surface area contributed by atoms with Crippen molar-refractivity contribution in [3.8, 4) is 0 Å². The number of rotatable bonds is 5. The van der Waals surface area contributed by atoms with Crippen LogP contribution in [0.1, 0.15) is 5.56 Å². The van der Waals surface area contributed by atoms with Gasteiger partial charge in [-0.2, -0.15) is 0 Å². The minimum absolute atomic E-state index is 0.0609. The van der Waals surface area contributed by atoms with Gasteiger partial charge in [-0.25, -0.2) is 0 Å². The maximum atomic E-state index is 12.1. The van der Waals surface area contributed by atoms with Crippen molar-refractivity contribution in [2.75, 3.05) is 11.9 Å². The lowest BCUT2D eigenvalue weighted by Gasteiger charge is -2.10. The van der Waals surface area contributed by atoms with Crippen LogP contribution in [-0.2, 0) is 16.1 Å². The molecule has 2 amide bonds. The van der Waals surface area contributed by atoms with Crippen molar-refractivity contribution in [2.45, 2.75) is 13.5 Å². The second-order valence-electron chi connectivity index (χ2n) is 5.96. The fourth-order valence-corrected chi connectivity index (χ4v) is 2.69. The summed E-state index contributed by atoms with van der Waals surface area (Å²) in [7, 11) is 0. The highest BCUT2D eigenvalue weighted by atomic mass is 35.5. The van der Waals surface area contributed by atoms with Gasteiger partial charge in [0.05, 0.1) is 6.54 Å². The number of aryl methyl sites for hydroxylation is 1. The number of hydrazine groups is 1. The highest BCUT2D eigenvalue weighted by Crippen LogP contribution is 2.20. The molecule has 3 aromatic rings. The van der Waals surface area contributed by atoms with Crippen molar-refractivity contribution >= 4 is 40.0 Å². The zero-order valence-corrected chi connectivity index (χ0v) is 15.0. The summed E-state index contributed by atoms with van der Waals surface area (Å²) in [5, 5.41) is 4.59. The Labute approximate surface area is 156 Å². The molecule has 6 nitrogen and oxygen atoms in total. The number of nitrogens with zero attached hydrogens (tertiary/aromatic N) is 1. The second-order valence-corrected chi connectivity index (χ2v) is 6.40. The number of hydrogen-bond donors (Lipinski definition) is 3. The molecule has 0 unspecified atom stereocenters. The van der Waals surface area contributed by atoms with E-state index in [9.17, 15) is 9.59 Å². The molecule has 134 valence electrons. The molecule has 0 aliphatic carbocycles. The lowest BCUT2D eigenvalue weighted by molar-refractivity contribution is -0.128. The Hall–Kier alpha value is -2.99. The van der Waals surface area contributed by atoms with Gasteiger partial charge >= 0.3 is 0 Å². The zero-order chi connectivity index (χ0) is 18.5. The van der Waals surface area contributed by atoms with E-state index in [1.807, 2.05) is 43.3 Å². The number of carbonyl (C=O) groups excluding carboxylic acids is 2. The summed E-state index contributed by atoms with van der Waals surface area (Å²) in [6, 6.07) is 15.1. The molecule has 7 heteroatoms. The summed E-state index contributed by atoms with van der Waals surface area (Å²) in [6.07, 6.45) is 1.81. The summed E-state index contributed by atoms with van der Waals surface area (Å²) < 4.78 is 1.77. The fourth-order valence-electron chi connectivity index (χ4n) is 2.53. The first-order chi connectivity index (χ1) is 12.5. The van der Waals surface area contributed by atoms with Gasteiger partial charge in [0.1, 0.15) is 6.54 Å². The molecule has 0 aliphatic heterocycles. The first-order valence-electron chi connectivity index (χ1n) is 8.14. The monoisotopic (exact) mass is 370 g/mol. The number of anilines is 1. The van der Waals surface area contributed by atoms with Crippen LogP contribution in [0.3, 0.4) is 0 Å². The number of hydrogen-bond acceptors (Lipinski definition) is 3. The highest BCUT2D eigenvalue weighted by molar-refractivity contribution is 6.31. The first kappa shape index (κ1) is 17.8. The van der Waals surface area contributed by atoms with Crippen molar-refractivity contribution in [3.05, 3.63) is 65.3 Å². The van der Waals surface area contributed by atoms with Gasteiger partial charge in [-0.1, -0.05) is 35.4 Å². The first-order valence-corrected chi connectivity index (χ1v) is 8.52. The Bertz CT molecular complexity index is 934. The van der Waals surface area contributed by atoms with Crippen LogP contribution in [-0.4, -0.2) is 22.9 Å². The molecule has 0 bridgehead atoms. The van der Waals surface area contributed by atoms with E-state index in [0.29, 0.717) is 5.02 Å². The van der Waals surface area contributed by atoms with Gasteiger partial charge in [-0.05, 0) is 42.6 Å². The zero-order valence-electron chi connectivity index (χ0n) is 14.3. The van der Waals surface area contributed by atoms with Crippen molar-refractivity contribution in [1.29, 1.82) is 0 Å². The Morgan fingerprint density at radius 2 is 1.73 bits per heavy atom. The van der Waals surface area contributed by atoms with E-state index in [0.717, 1.165) is 22.2 Å². The second kappa shape index (κ2) is 7.93. The molecule has 1 heterocycles. The van der Waals surface area contributed by atoms with Gasteiger partial charge < -0.3 is 9.88 Å². The molecule has 0 saturated heterocycles. The van der Waals surface area contributed by atoms with Gasteiger partial charge in [-0.15, -0.1) is 0 Å². The number of carbonyl (C=O) groups is 2. The predicted octanol–water partition coefficient (Wildman–Crippen LogP) is 2.86. The summed E-state index contributed by atoms with van der Waals surface area (Å²) in [5.74, 6) is -0.662. The largest absolute Gasteiger partial charge is 0.376 e. The molecule has 0 spiro atoms. The molecule has 3 N–H and O–H groups in total. The van der Waals surface area contributed by atoms with Crippen molar-refractivity contribution in [2.24, 2.45) is 0 Å². The maximum Gasteiger partial charge on any atom is 0.258 e. The molecule has 0 saturated carbocycles. The van der Waals surface area contributed by atoms with E-state index in [1.54, 1.807) is 22.9 Å². The van der Waals surface area contributed by atoms with Crippen LogP contribution in [0.25, 0.3) is 10.9 Å². The molecule has 3 rings (SSSR count). The number of nitrogens with one attached hydrogen (secondary N) is 3. The van der Waals surface area contributed by atoms with E-state index in [4.69, 9.17) is 11.6 Å². The quantitative estimate of drug-likeness (QED) is 0.604. The van der Waals surface area contributed by atoms with Crippen LogP contribution < -0.4 is 16.2 Å². The Kier molecular flexibility index (Phi) is 5.43. The standard InChI is InChI=1S/C19H19ClN4O2/c1-13-2-6-16(7-3-13)21-11-18(25)22-23-19(26)12-24-9-8-14-4-5-15(20)10-17(14)24/h2-10,21H,11-12H2,1H3,(H,22,25)(H,23,26). The summed E-state index contributed by atoms with van der Waals surface area (Å²) in [6.45, 7) is 2.13. The average Bonchev–Trinajstić information content (AvgIpc) is 3.01. The van der Waals surface area contributed by atoms with Crippen LogP contribution in [0.2, 0.25) is 5.02 Å². The molecule has 2 aromatic carbocycles. The number of benzene rings is 2. The Morgan fingerprint density at radius 1 is 1.00 bits per heavy atom. The topological polar surface area (TPSA) is 75.2 Å². The van der Waals surface area contributed by atoms with Gasteiger partial charge in [0.15, 0.2) is 0 Å². The van der Waals surface area contributed by atoms with Crippen LogP contribution >= 0.6 is 11.6 Å². The van der Waals surface area contributed by atoms with Gasteiger partial charge in [0, 0.05) is 22.4 Å². The maximum absolute atomic E-state index is 12.1. The van der Waals surface area contributed by atoms with Crippen LogP contribution in [0.15, 0.2) is 54.7 Å². The average molecular weight is 371 g/mol. The lowest BCUT2D eigenvalue weighted by atomic mass is 10.2. The molecule has 0 aliphatic rings. The van der Waals surface area contributed by atoms with E-state index in [-0.39, 0.29) is 24.9 Å². The molecular weight excluding hydrogens is 352 g/mol. The predicted molar refractivity (Wildman–Crippen MR) is 103 cm³/mol. The normalized spacial score (nSPS) is 10.5. The van der Waals surface area contributed by atoms with E-state index >= 15 is 0 Å². The third-order valence-corrected chi connectivity index (χ3v) is 4.13. The minimum Gasteiger partial charge on any atom is -0.376 e. The fraction of sp³-hybridized carbons (Fsp3) is 0.158. The van der Waals surface area contributed by atoms with E-state index in [1.165, 1.54) is 0 Å². The van der Waals surface area contributed by atoms with Crippen LogP contribution in [0.4, 0.5) is 5.69 Å². The summed E-state index contributed by atoms with van der Waals surface area (Å²) in [4.78, 5) is 23.9. The van der Waals surface area contributed by atoms with Crippen LogP contribution in [0, 0.1) is 6.92 Å². The van der Waals surface area contributed by atoms with Crippen molar-refractivity contribution in [3.63, 3.8) is 0 Å². The molecule has 1 aromatic heterocycles. The molecule has 0 fully saturated rings. The van der Waals surface area contributed by atoms with Gasteiger partial charge in [-0.3, -0.25) is 20.4 Å². The number of fused-ring (bicyclic) bond motifs is 1. The third kappa shape index (κ3) is 4.55. The van der Waals surface area contributed by atoms with Crippen molar-refractivity contribution < 1.29 is 9.59 Å². The number of halogens is 1. The smallest absolute Gasteiger partial charge is 0.258 e. The number of amides is 2. The van der Waals surface area contributed by atoms with Gasteiger partial charge in [0.2, 0.25) is 0 Å². The molecule has 26 heavy (non-hydrogen) atoms. The highest BCUT2D eigenvalue weighted by Gasteiger charge is 2.08. The molecule has 0 atom stereocenters. The Balaban J connectivity index is 1.48. The SMILES string of the molecule is Cc1ccc(NCC(=O)NNC(=O)Cn2ccc3ccc(Cl)cc32)cc1. The third-order valence-electron chi connectivity index (χ3n) is 3.90.